The molecule has 0 aliphatic heterocycles. The fraction of sp³-hybridized carbons (Fsp3) is 0. The van der Waals surface area contributed by atoms with Crippen molar-refractivity contribution in [2.24, 2.45) is 0 Å². The van der Waals surface area contributed by atoms with Crippen molar-refractivity contribution in [3.63, 3.8) is 0 Å². The van der Waals surface area contributed by atoms with Gasteiger partial charge in [-0.2, -0.15) is 0 Å². The first-order chi connectivity index (χ1) is 7.46. The van der Waals surface area contributed by atoms with E-state index in [-0.39, 0.29) is 124 Å². The van der Waals surface area contributed by atoms with Gasteiger partial charge in [-0.05, 0) is 12.3 Å². The SMILES string of the molecule is O.O.O.O.O.O=C([O-])[O-].O=C([O-])[O-].O=S(=O)([O-])[O-].O=S(=O)([O-])[O-].[Cu+2].[Cu+2].[Cu+2].[Cu+2].[Cu+2].[OH-].[OH-]. The average molecular weight is 754 g/mol. The van der Waals surface area contributed by atoms with Crippen LogP contribution in [0.25, 0.3) is 0 Å². The molecule has 0 aliphatic rings. The second-order valence-corrected chi connectivity index (χ2v) is 2.95. The van der Waals surface area contributed by atoms with Crippen molar-refractivity contribution in [2.45, 2.75) is 0 Å². The van der Waals surface area contributed by atoms with Gasteiger partial charge in [-0.15, -0.1) is 0 Å². The smallest absolute Gasteiger partial charge is 0.870 e. The van der Waals surface area contributed by atoms with Crippen LogP contribution in [0.4, 0.5) is 9.59 Å². The minimum Gasteiger partial charge on any atom is -0.870 e. The fourth-order valence-electron chi connectivity index (χ4n) is 0. The zero-order valence-corrected chi connectivity index (χ0v) is 18.8. The van der Waals surface area contributed by atoms with E-state index in [4.69, 9.17) is 65.1 Å². The molecular formula is C2H12Cu5O21S2. The summed E-state index contributed by atoms with van der Waals surface area (Å²) < 4.78 is 68.2. The monoisotopic (exact) mass is 751 g/mol. The third kappa shape index (κ3) is 61000. The number of hydrogen-bond acceptors (Lipinski definition) is 16. The summed E-state index contributed by atoms with van der Waals surface area (Å²) in [5.41, 5.74) is 0. The maximum atomic E-state index is 8.52. The van der Waals surface area contributed by atoms with Gasteiger partial charge in [0.15, 0.2) is 0 Å². The van der Waals surface area contributed by atoms with Crippen molar-refractivity contribution >= 4 is 33.1 Å². The minimum atomic E-state index is -5.17. The molecule has 0 atom stereocenters. The van der Waals surface area contributed by atoms with Gasteiger partial charge in [0.05, 0.1) is 0 Å². The van der Waals surface area contributed by atoms with Gasteiger partial charge in [-0.3, -0.25) is 16.8 Å². The van der Waals surface area contributed by atoms with E-state index in [0.717, 1.165) is 0 Å². The first kappa shape index (κ1) is 126. The van der Waals surface area contributed by atoms with Crippen LogP contribution in [0.2, 0.25) is 0 Å². The molecule has 0 aromatic rings. The topological polar surface area (TPSA) is 504 Å². The van der Waals surface area contributed by atoms with Gasteiger partial charge >= 0.3 is 85.3 Å². The Labute approximate surface area is 220 Å². The van der Waals surface area contributed by atoms with E-state index in [1.165, 1.54) is 0 Å². The number of hydrogen-bond donors (Lipinski definition) is 0. The summed E-state index contributed by atoms with van der Waals surface area (Å²) in [7, 11) is -10.3. The third-order valence-corrected chi connectivity index (χ3v) is 0. The van der Waals surface area contributed by atoms with E-state index in [9.17, 15) is 0 Å². The Bertz CT molecular complexity index is 366. The molecule has 0 bridgehead atoms. The largest absolute Gasteiger partial charge is 2.00 e. The van der Waals surface area contributed by atoms with E-state index in [0.29, 0.717) is 0 Å². The molecule has 0 saturated carbocycles. The van der Waals surface area contributed by atoms with Gasteiger partial charge in [0.2, 0.25) is 0 Å². The van der Waals surface area contributed by atoms with Crippen LogP contribution in [0.3, 0.4) is 0 Å². The molecule has 0 aromatic heterocycles. The summed E-state index contributed by atoms with van der Waals surface area (Å²) in [6.07, 6.45) is -4.67. The molecule has 0 aromatic carbocycles. The second-order valence-electron chi connectivity index (χ2n) is 1.32. The normalized spacial score (nSPS) is 5.47. The molecule has 30 heavy (non-hydrogen) atoms. The van der Waals surface area contributed by atoms with Gasteiger partial charge in [-0.25, -0.2) is 0 Å². The Morgan fingerprint density at radius 3 is 0.433 bits per heavy atom. The predicted molar refractivity (Wildman–Crippen MR) is 53.7 cm³/mol. The van der Waals surface area contributed by atoms with Gasteiger partial charge in [0.25, 0.3) is 0 Å². The van der Waals surface area contributed by atoms with Crippen molar-refractivity contribution in [3.05, 3.63) is 0 Å². The van der Waals surface area contributed by atoms with Gasteiger partial charge in [0, 0.05) is 20.8 Å². The Morgan fingerprint density at radius 2 is 0.433 bits per heavy atom. The Morgan fingerprint density at radius 1 is 0.433 bits per heavy atom. The molecule has 213 valence electrons. The third-order valence-electron chi connectivity index (χ3n) is 0. The van der Waals surface area contributed by atoms with Crippen LogP contribution in [0.5, 0.6) is 0 Å². The number of carbonyl (C=O) groups excluding carboxylic acids is 2. The van der Waals surface area contributed by atoms with Crippen LogP contribution in [-0.2, 0) is 106 Å². The molecule has 0 aliphatic carbocycles. The maximum Gasteiger partial charge on any atom is 2.00 e. The van der Waals surface area contributed by atoms with E-state index >= 15 is 0 Å². The first-order valence-electron chi connectivity index (χ1n) is 2.56. The molecule has 0 saturated heterocycles. The number of carboxylic acid groups (broad SMARTS) is 4. The molecular weight excluding hydrogens is 742 g/mol. The molecule has 12 N–H and O–H groups in total. The van der Waals surface area contributed by atoms with E-state index in [1.807, 2.05) is 0 Å². The minimum absolute atomic E-state index is 0. The maximum absolute atomic E-state index is 8.52. The van der Waals surface area contributed by atoms with Crippen molar-refractivity contribution in [2.75, 3.05) is 0 Å². The molecule has 0 rings (SSSR count). The second kappa shape index (κ2) is 70.0. The number of carbonyl (C=O) groups is 2. The van der Waals surface area contributed by atoms with Crippen LogP contribution in [0.15, 0.2) is 0 Å². The molecule has 0 spiro atoms. The van der Waals surface area contributed by atoms with E-state index in [2.05, 4.69) is 0 Å². The van der Waals surface area contributed by atoms with Crippen LogP contribution < -0.4 is 20.4 Å². The summed E-state index contributed by atoms with van der Waals surface area (Å²) in [5.74, 6) is 0. The molecule has 21 nitrogen and oxygen atoms in total. The average Bonchev–Trinajstić information content (AvgIpc) is 1.70. The van der Waals surface area contributed by atoms with Crippen LogP contribution in [0, 0.1) is 0 Å². The molecule has 0 fully saturated rings. The van der Waals surface area contributed by atoms with Crippen molar-refractivity contribution in [1.82, 2.24) is 0 Å². The van der Waals surface area contributed by atoms with Crippen LogP contribution in [0.1, 0.15) is 0 Å². The summed E-state index contributed by atoms with van der Waals surface area (Å²) >= 11 is 0. The van der Waals surface area contributed by atoms with Gasteiger partial charge in [-0.1, -0.05) is 0 Å². The zero-order valence-electron chi connectivity index (χ0n) is 12.4. The van der Waals surface area contributed by atoms with Crippen LogP contribution in [-0.4, -0.2) is 85.7 Å². The van der Waals surface area contributed by atoms with Gasteiger partial charge in [0.1, 0.15) is 0 Å². The van der Waals surface area contributed by atoms with Crippen molar-refractivity contribution in [1.29, 1.82) is 0 Å². The van der Waals surface area contributed by atoms with Crippen molar-refractivity contribution < 1.29 is 189 Å². The van der Waals surface area contributed by atoms with Crippen LogP contribution >= 0.6 is 0 Å². The quantitative estimate of drug-likeness (QED) is 0.126. The zero-order chi connectivity index (χ0) is 16.2. The molecule has 5 radical (unpaired) electrons. The Hall–Kier alpha value is 0.597. The molecule has 0 amide bonds. The van der Waals surface area contributed by atoms with Crippen molar-refractivity contribution in [3.8, 4) is 0 Å². The Kier molecular flexibility index (Phi) is 293. The Balaban J connectivity index is -0.00000000551. The fourth-order valence-corrected chi connectivity index (χ4v) is 0. The predicted octanol–water partition coefficient (Wildman–Crippen LogP) is -12.1. The summed E-state index contributed by atoms with van der Waals surface area (Å²) in [4.78, 5) is 16.7. The molecule has 0 unspecified atom stereocenters. The standard InChI is InChI=1S/2CH2O3.5Cu.2H2O4S.7H2O/c2*2-1(3)4;;;;;;2*1-5(2,3)4;;;;;;;/h2*(H2,2,3,4);;;;;;2*(H2,1,2,3,4);7*1H2/q;;5*+2;;;;;;;;;/p-10. The van der Waals surface area contributed by atoms with E-state index in [1.54, 1.807) is 0 Å². The van der Waals surface area contributed by atoms with Gasteiger partial charge < -0.3 is 86.6 Å². The first-order valence-corrected chi connectivity index (χ1v) is 5.22. The summed E-state index contributed by atoms with van der Waals surface area (Å²) in [6.45, 7) is 0. The molecule has 28 heteroatoms. The number of rotatable bonds is 0. The summed E-state index contributed by atoms with van der Waals surface area (Å²) in [5, 5.41) is 33.3. The summed E-state index contributed by atoms with van der Waals surface area (Å²) in [6, 6.07) is 0. The van der Waals surface area contributed by atoms with E-state index < -0.39 is 33.1 Å². The molecule has 0 heterocycles.